The fourth-order valence-corrected chi connectivity index (χ4v) is 5.58. The van der Waals surface area contributed by atoms with Crippen molar-refractivity contribution in [3.63, 3.8) is 0 Å². The standard InChI is InChI=1S/C30H46N4O4/c1-29(2,3)37-26(35)20-33-15-13-23(14-16-33)27-24-10-9-22(19-25(24)31-32-27)8-7-21-11-17-34(18-12-21)28(36)38-30(4,5)6/h9-10,19,21,23H,7-8,11-18,20H2,1-6H3,(H,31,32). The second-order valence-electron chi connectivity index (χ2n) is 13.1. The SMILES string of the molecule is CC(C)(C)OC(=O)CN1CCC(c2[nH]nc3cc(CCC4CCN(C(=O)OC(C)(C)C)CC4)ccc23)CC1. The monoisotopic (exact) mass is 526 g/mol. The number of aryl methyl sites for hydroxylation is 1. The quantitative estimate of drug-likeness (QED) is 0.489. The maximum Gasteiger partial charge on any atom is 0.410 e. The molecule has 0 spiro atoms. The third kappa shape index (κ3) is 7.95. The molecule has 2 saturated heterocycles. The van der Waals surface area contributed by atoms with E-state index in [2.05, 4.69) is 33.3 Å². The van der Waals surface area contributed by atoms with Crippen molar-refractivity contribution in [1.82, 2.24) is 20.0 Å². The molecule has 1 amide bonds. The number of ether oxygens (including phenoxy) is 2. The zero-order valence-corrected chi connectivity index (χ0v) is 24.1. The van der Waals surface area contributed by atoms with Crippen molar-refractivity contribution in [2.45, 2.75) is 97.2 Å². The highest BCUT2D eigenvalue weighted by molar-refractivity contribution is 5.82. The van der Waals surface area contributed by atoms with Crippen molar-refractivity contribution in [1.29, 1.82) is 0 Å². The molecule has 0 aliphatic carbocycles. The van der Waals surface area contributed by atoms with Crippen LogP contribution in [0, 0.1) is 5.92 Å². The van der Waals surface area contributed by atoms with Crippen LogP contribution in [0.15, 0.2) is 18.2 Å². The molecule has 0 bridgehead atoms. The minimum absolute atomic E-state index is 0.149. The van der Waals surface area contributed by atoms with Crippen LogP contribution in [0.5, 0.6) is 0 Å². The van der Waals surface area contributed by atoms with Crippen LogP contribution in [0.4, 0.5) is 4.79 Å². The highest BCUT2D eigenvalue weighted by atomic mass is 16.6. The third-order valence-electron chi connectivity index (χ3n) is 7.53. The summed E-state index contributed by atoms with van der Waals surface area (Å²) in [5.74, 6) is 0.907. The summed E-state index contributed by atoms with van der Waals surface area (Å²) in [7, 11) is 0. The first kappa shape index (κ1) is 28.4. The lowest BCUT2D eigenvalue weighted by Crippen LogP contribution is -2.41. The topological polar surface area (TPSA) is 87.8 Å². The first-order chi connectivity index (χ1) is 17.9. The normalized spacial score (nSPS) is 18.6. The van der Waals surface area contributed by atoms with Gasteiger partial charge in [0.05, 0.1) is 12.1 Å². The zero-order chi connectivity index (χ0) is 27.5. The van der Waals surface area contributed by atoms with E-state index in [0.717, 1.165) is 70.2 Å². The molecule has 2 aromatic rings. The van der Waals surface area contributed by atoms with Gasteiger partial charge >= 0.3 is 12.1 Å². The largest absolute Gasteiger partial charge is 0.459 e. The van der Waals surface area contributed by atoms with Crippen LogP contribution in [-0.2, 0) is 20.7 Å². The summed E-state index contributed by atoms with van der Waals surface area (Å²) in [4.78, 5) is 28.5. The Labute approximate surface area is 227 Å². The van der Waals surface area contributed by atoms with E-state index < -0.39 is 11.2 Å². The van der Waals surface area contributed by atoms with Gasteiger partial charge in [0.15, 0.2) is 0 Å². The van der Waals surface area contributed by atoms with E-state index in [4.69, 9.17) is 9.47 Å². The molecule has 38 heavy (non-hydrogen) atoms. The lowest BCUT2D eigenvalue weighted by molar-refractivity contribution is -0.156. The summed E-state index contributed by atoms with van der Waals surface area (Å²) in [6.45, 7) is 15.1. The maximum atomic E-state index is 12.3. The van der Waals surface area contributed by atoms with Crippen molar-refractivity contribution in [3.05, 3.63) is 29.5 Å². The van der Waals surface area contributed by atoms with Gasteiger partial charge in [-0.3, -0.25) is 14.8 Å². The number of amides is 1. The fraction of sp³-hybridized carbons (Fsp3) is 0.700. The van der Waals surface area contributed by atoms with Gasteiger partial charge in [-0.25, -0.2) is 4.79 Å². The highest BCUT2D eigenvalue weighted by Gasteiger charge is 2.28. The van der Waals surface area contributed by atoms with Crippen LogP contribution in [0.25, 0.3) is 10.9 Å². The number of hydrogen-bond donors (Lipinski definition) is 1. The van der Waals surface area contributed by atoms with Crippen molar-refractivity contribution in [3.8, 4) is 0 Å². The van der Waals surface area contributed by atoms with Gasteiger partial charge in [0, 0.05) is 30.1 Å². The van der Waals surface area contributed by atoms with Crippen molar-refractivity contribution < 1.29 is 19.1 Å². The predicted octanol–water partition coefficient (Wildman–Crippen LogP) is 5.66. The predicted molar refractivity (Wildman–Crippen MR) is 149 cm³/mol. The molecule has 0 saturated carbocycles. The molecule has 8 heteroatoms. The average Bonchev–Trinajstić information content (AvgIpc) is 3.24. The van der Waals surface area contributed by atoms with Gasteiger partial charge in [0.2, 0.25) is 0 Å². The minimum Gasteiger partial charge on any atom is -0.459 e. The Balaban J connectivity index is 1.24. The minimum atomic E-state index is -0.447. The fourth-order valence-electron chi connectivity index (χ4n) is 5.58. The number of nitrogens with one attached hydrogen (secondary N) is 1. The number of carbonyl (C=O) groups excluding carboxylic acids is 2. The zero-order valence-electron chi connectivity index (χ0n) is 24.1. The van der Waals surface area contributed by atoms with E-state index in [9.17, 15) is 9.59 Å². The Morgan fingerprint density at radius 1 is 0.947 bits per heavy atom. The van der Waals surface area contributed by atoms with Crippen LogP contribution < -0.4 is 0 Å². The van der Waals surface area contributed by atoms with Crippen LogP contribution in [0.1, 0.15) is 90.8 Å². The number of piperidine rings is 2. The number of esters is 1. The molecule has 2 aliphatic heterocycles. The Morgan fingerprint density at radius 3 is 2.24 bits per heavy atom. The van der Waals surface area contributed by atoms with Gasteiger partial charge in [-0.05, 0) is 111 Å². The Hall–Kier alpha value is -2.61. The molecular formula is C30H46N4O4. The summed E-state index contributed by atoms with van der Waals surface area (Å²) in [5.41, 5.74) is 2.68. The number of aromatic nitrogens is 2. The molecule has 1 aromatic carbocycles. The number of benzene rings is 1. The molecule has 0 atom stereocenters. The maximum absolute atomic E-state index is 12.3. The highest BCUT2D eigenvalue weighted by Crippen LogP contribution is 2.32. The summed E-state index contributed by atoms with van der Waals surface area (Å²) in [5, 5.41) is 9.18. The first-order valence-corrected chi connectivity index (χ1v) is 14.3. The number of carbonyl (C=O) groups is 2. The first-order valence-electron chi connectivity index (χ1n) is 14.3. The van der Waals surface area contributed by atoms with E-state index in [0.29, 0.717) is 18.4 Å². The van der Waals surface area contributed by atoms with Crippen LogP contribution in [0.2, 0.25) is 0 Å². The van der Waals surface area contributed by atoms with E-state index in [-0.39, 0.29) is 12.1 Å². The molecule has 0 radical (unpaired) electrons. The summed E-state index contributed by atoms with van der Waals surface area (Å²) < 4.78 is 11.0. The van der Waals surface area contributed by atoms with E-state index >= 15 is 0 Å². The van der Waals surface area contributed by atoms with Gasteiger partial charge in [0.1, 0.15) is 11.2 Å². The van der Waals surface area contributed by atoms with Crippen LogP contribution in [0.3, 0.4) is 0 Å². The van der Waals surface area contributed by atoms with Crippen molar-refractivity contribution >= 4 is 23.0 Å². The van der Waals surface area contributed by atoms with Gasteiger partial charge in [-0.2, -0.15) is 5.10 Å². The molecule has 2 fully saturated rings. The average molecular weight is 527 g/mol. The summed E-state index contributed by atoms with van der Waals surface area (Å²) >= 11 is 0. The van der Waals surface area contributed by atoms with Gasteiger partial charge in [-0.15, -0.1) is 0 Å². The number of fused-ring (bicyclic) bond motifs is 1. The number of nitrogens with zero attached hydrogens (tertiary/aromatic N) is 3. The van der Waals surface area contributed by atoms with Crippen molar-refractivity contribution in [2.24, 2.45) is 5.92 Å². The lowest BCUT2D eigenvalue weighted by atomic mass is 9.89. The number of H-pyrrole nitrogens is 1. The molecule has 1 N–H and O–H groups in total. The van der Waals surface area contributed by atoms with Gasteiger partial charge in [-0.1, -0.05) is 12.1 Å². The second-order valence-corrected chi connectivity index (χ2v) is 13.1. The molecule has 210 valence electrons. The molecule has 8 nitrogen and oxygen atoms in total. The Bertz CT molecular complexity index is 1100. The molecule has 4 rings (SSSR count). The van der Waals surface area contributed by atoms with Crippen LogP contribution >= 0.6 is 0 Å². The van der Waals surface area contributed by atoms with E-state index in [1.807, 2.05) is 46.4 Å². The van der Waals surface area contributed by atoms with E-state index in [1.165, 1.54) is 16.6 Å². The summed E-state index contributed by atoms with van der Waals surface area (Å²) in [6, 6.07) is 6.69. The molecular weight excluding hydrogens is 480 g/mol. The number of aromatic amines is 1. The van der Waals surface area contributed by atoms with Gasteiger partial charge < -0.3 is 14.4 Å². The number of hydrogen-bond acceptors (Lipinski definition) is 6. The second kappa shape index (κ2) is 11.6. The van der Waals surface area contributed by atoms with E-state index in [1.54, 1.807) is 0 Å². The molecule has 1 aromatic heterocycles. The number of likely N-dealkylation sites (tertiary alicyclic amines) is 2. The van der Waals surface area contributed by atoms with Crippen molar-refractivity contribution in [2.75, 3.05) is 32.7 Å². The number of rotatable bonds is 6. The third-order valence-corrected chi connectivity index (χ3v) is 7.53. The lowest BCUT2D eigenvalue weighted by Gasteiger charge is -2.33. The van der Waals surface area contributed by atoms with Gasteiger partial charge in [0.25, 0.3) is 0 Å². The summed E-state index contributed by atoms with van der Waals surface area (Å²) in [6.07, 6.45) is 6.03. The Morgan fingerprint density at radius 2 is 1.61 bits per heavy atom. The Kier molecular flexibility index (Phi) is 8.70. The smallest absolute Gasteiger partial charge is 0.410 e. The molecule has 0 unspecified atom stereocenters. The van der Waals surface area contributed by atoms with Crippen LogP contribution in [-0.4, -0.2) is 76.0 Å². The molecule has 2 aliphatic rings. The molecule has 3 heterocycles.